The molecule has 128 valence electrons. The molecule has 6 heteroatoms. The summed E-state index contributed by atoms with van der Waals surface area (Å²) in [4.78, 5) is 14.2. The van der Waals surface area contributed by atoms with Gasteiger partial charge in [0.15, 0.2) is 0 Å². The van der Waals surface area contributed by atoms with Crippen molar-refractivity contribution in [2.45, 2.75) is 6.92 Å². The molecule has 0 fully saturated rings. The Morgan fingerprint density at radius 2 is 1.68 bits per heavy atom. The Labute approximate surface area is 145 Å². The lowest BCUT2D eigenvalue weighted by Gasteiger charge is -1.97. The maximum atomic E-state index is 10.4. The van der Waals surface area contributed by atoms with Crippen molar-refractivity contribution in [3.05, 3.63) is 84.4 Å². The van der Waals surface area contributed by atoms with Crippen LogP contribution in [0.4, 0.5) is 0 Å². The van der Waals surface area contributed by atoms with Crippen molar-refractivity contribution in [2.24, 2.45) is 0 Å². The highest BCUT2D eigenvalue weighted by Crippen LogP contribution is 2.12. The number of carbonyl (C=O) groups excluding carboxylic acids is 1. The van der Waals surface area contributed by atoms with Gasteiger partial charge in [-0.15, -0.1) is 0 Å². The van der Waals surface area contributed by atoms with Gasteiger partial charge in [0.05, 0.1) is 6.20 Å². The topological polar surface area (TPSA) is 84.6 Å². The first-order chi connectivity index (χ1) is 12.0. The molecule has 0 saturated carbocycles. The van der Waals surface area contributed by atoms with Gasteiger partial charge in [-0.25, -0.2) is 4.98 Å². The third-order valence-electron chi connectivity index (χ3n) is 2.94. The van der Waals surface area contributed by atoms with E-state index in [2.05, 4.69) is 4.98 Å². The van der Waals surface area contributed by atoms with Gasteiger partial charge >= 0.3 is 5.97 Å². The Morgan fingerprint density at radius 1 is 1.08 bits per heavy atom. The summed E-state index contributed by atoms with van der Waals surface area (Å²) in [6, 6.07) is 18.4. The average Bonchev–Trinajstić information content (AvgIpc) is 3.03. The zero-order valence-corrected chi connectivity index (χ0v) is 13.6. The van der Waals surface area contributed by atoms with Crippen molar-refractivity contribution in [1.82, 2.24) is 9.71 Å². The predicted molar refractivity (Wildman–Crippen MR) is 94.1 cm³/mol. The quantitative estimate of drug-likeness (QED) is 0.328. The Kier molecular flexibility index (Phi) is 6.36. The third kappa shape index (κ3) is 6.23. The summed E-state index contributed by atoms with van der Waals surface area (Å²) in [5.41, 5.74) is 1.21. The van der Waals surface area contributed by atoms with Crippen LogP contribution >= 0.6 is 0 Å². The number of imidazole rings is 1. The Morgan fingerprint density at radius 3 is 2.20 bits per heavy atom. The molecule has 0 saturated heterocycles. The maximum Gasteiger partial charge on any atom is 0.308 e. The smallest absolute Gasteiger partial charge is 0.308 e. The van der Waals surface area contributed by atoms with E-state index in [9.17, 15) is 9.90 Å². The number of rotatable bonds is 3. The van der Waals surface area contributed by atoms with Gasteiger partial charge in [0.1, 0.15) is 23.5 Å². The summed E-state index contributed by atoms with van der Waals surface area (Å²) >= 11 is 0. The van der Waals surface area contributed by atoms with Crippen LogP contribution in [0.5, 0.6) is 5.75 Å². The number of aromatic nitrogens is 2. The molecule has 0 unspecified atom stereocenters. The summed E-state index contributed by atoms with van der Waals surface area (Å²) in [5.74, 6) is 0.329. The van der Waals surface area contributed by atoms with Crippen LogP contribution < -0.4 is 4.74 Å². The number of carbonyl (C=O) groups is 1. The number of hydrogen-bond acceptors (Lipinski definition) is 5. The molecule has 0 bridgehead atoms. The normalized spacial score (nSPS) is 10.5. The van der Waals surface area contributed by atoms with Crippen LogP contribution in [0.2, 0.25) is 0 Å². The van der Waals surface area contributed by atoms with Crippen LogP contribution in [0.15, 0.2) is 73.2 Å². The van der Waals surface area contributed by atoms with Crippen molar-refractivity contribution in [3.63, 3.8) is 0 Å². The standard InChI is InChI=1S/C11H10N2O2.C8H8O2/c14-11(10-7-13(15)8-12-10)6-9-4-2-1-3-5-9;1-7(9)10-8-5-3-2-4-6-8/h1-8,14-15H;2-6H,1H3/b11-6+;. The minimum Gasteiger partial charge on any atom is -0.506 e. The van der Waals surface area contributed by atoms with Crippen LogP contribution in [-0.2, 0) is 4.79 Å². The van der Waals surface area contributed by atoms with Crippen LogP contribution in [0.1, 0.15) is 18.2 Å². The molecule has 0 aliphatic heterocycles. The van der Waals surface area contributed by atoms with Gasteiger partial charge in [0, 0.05) is 6.92 Å². The van der Waals surface area contributed by atoms with Crippen molar-refractivity contribution >= 4 is 17.8 Å². The second-order valence-corrected chi connectivity index (χ2v) is 4.99. The SMILES string of the molecule is CC(=O)Oc1ccccc1.O/C(=C/c1ccccc1)c1cn(O)cn1. The lowest BCUT2D eigenvalue weighted by molar-refractivity contribution is -0.131. The summed E-state index contributed by atoms with van der Waals surface area (Å²) in [6.45, 7) is 1.38. The highest BCUT2D eigenvalue weighted by molar-refractivity contribution is 5.74. The molecule has 0 aliphatic carbocycles. The van der Waals surface area contributed by atoms with Gasteiger partial charge in [-0.1, -0.05) is 48.5 Å². The fraction of sp³-hybridized carbons (Fsp3) is 0.0526. The molecule has 3 rings (SSSR count). The zero-order valence-electron chi connectivity index (χ0n) is 13.6. The highest BCUT2D eigenvalue weighted by atomic mass is 16.5. The molecule has 0 radical (unpaired) electrons. The van der Waals surface area contributed by atoms with Crippen LogP contribution in [-0.4, -0.2) is 26.0 Å². The van der Waals surface area contributed by atoms with Crippen LogP contribution in [0.3, 0.4) is 0 Å². The first-order valence-electron chi connectivity index (χ1n) is 7.47. The summed E-state index contributed by atoms with van der Waals surface area (Å²) in [5, 5.41) is 18.6. The Bertz CT molecular complexity index is 827. The first kappa shape index (κ1) is 17.8. The average molecular weight is 338 g/mol. The summed E-state index contributed by atoms with van der Waals surface area (Å²) in [6.07, 6.45) is 4.13. The molecule has 0 atom stereocenters. The number of benzene rings is 2. The van der Waals surface area contributed by atoms with E-state index in [1.807, 2.05) is 48.5 Å². The van der Waals surface area contributed by atoms with Gasteiger partial charge < -0.3 is 15.1 Å². The fourth-order valence-corrected chi connectivity index (χ4v) is 1.88. The molecule has 6 nitrogen and oxygen atoms in total. The van der Waals surface area contributed by atoms with E-state index in [1.165, 1.54) is 19.4 Å². The molecule has 0 spiro atoms. The molecule has 25 heavy (non-hydrogen) atoms. The largest absolute Gasteiger partial charge is 0.506 e. The van der Waals surface area contributed by atoms with E-state index in [4.69, 9.17) is 9.94 Å². The number of nitrogens with zero attached hydrogens (tertiary/aromatic N) is 2. The van der Waals surface area contributed by atoms with Gasteiger partial charge in [-0.2, -0.15) is 4.73 Å². The van der Waals surface area contributed by atoms with Crippen LogP contribution in [0, 0.1) is 0 Å². The summed E-state index contributed by atoms with van der Waals surface area (Å²) < 4.78 is 5.57. The predicted octanol–water partition coefficient (Wildman–Crippen LogP) is 3.79. The van der Waals surface area contributed by atoms with Crippen molar-refractivity contribution in [2.75, 3.05) is 0 Å². The maximum absolute atomic E-state index is 10.4. The highest BCUT2D eigenvalue weighted by Gasteiger charge is 2.02. The monoisotopic (exact) mass is 338 g/mol. The van der Waals surface area contributed by atoms with E-state index < -0.39 is 0 Å². The minimum absolute atomic E-state index is 0.0222. The van der Waals surface area contributed by atoms with Crippen LogP contribution in [0.25, 0.3) is 11.8 Å². The lowest BCUT2D eigenvalue weighted by Crippen LogP contribution is -2.00. The van der Waals surface area contributed by atoms with Crippen molar-refractivity contribution in [1.29, 1.82) is 0 Å². The molecular weight excluding hydrogens is 320 g/mol. The minimum atomic E-state index is -0.286. The third-order valence-corrected chi connectivity index (χ3v) is 2.94. The van der Waals surface area contributed by atoms with Gasteiger partial charge in [0.2, 0.25) is 0 Å². The number of aliphatic hydroxyl groups is 1. The van der Waals surface area contributed by atoms with E-state index in [0.717, 1.165) is 10.3 Å². The first-order valence-corrected chi connectivity index (χ1v) is 7.47. The molecular formula is C19H18N2O4. The van der Waals surface area contributed by atoms with Crippen molar-refractivity contribution < 1.29 is 19.8 Å². The molecule has 0 amide bonds. The molecule has 3 aromatic rings. The molecule has 2 aromatic carbocycles. The second kappa shape index (κ2) is 8.93. The summed E-state index contributed by atoms with van der Waals surface area (Å²) in [7, 11) is 0. The van der Waals surface area contributed by atoms with E-state index in [-0.39, 0.29) is 11.7 Å². The van der Waals surface area contributed by atoms with Gasteiger partial charge in [-0.05, 0) is 23.8 Å². The lowest BCUT2D eigenvalue weighted by atomic mass is 10.2. The Balaban J connectivity index is 0.000000196. The number of hydrogen-bond donors (Lipinski definition) is 2. The fourth-order valence-electron chi connectivity index (χ4n) is 1.88. The van der Waals surface area contributed by atoms with Crippen molar-refractivity contribution in [3.8, 4) is 5.75 Å². The Hall–Kier alpha value is -3.54. The van der Waals surface area contributed by atoms with Gasteiger partial charge in [-0.3, -0.25) is 4.79 Å². The number of ether oxygens (including phenoxy) is 1. The van der Waals surface area contributed by atoms with E-state index in [0.29, 0.717) is 11.4 Å². The number of para-hydroxylation sites is 1. The number of aliphatic hydroxyl groups excluding tert-OH is 1. The van der Waals surface area contributed by atoms with E-state index in [1.54, 1.807) is 18.2 Å². The molecule has 1 heterocycles. The number of esters is 1. The molecule has 2 N–H and O–H groups in total. The van der Waals surface area contributed by atoms with E-state index >= 15 is 0 Å². The van der Waals surface area contributed by atoms with Gasteiger partial charge in [0.25, 0.3) is 0 Å². The zero-order chi connectivity index (χ0) is 18.1. The second-order valence-electron chi connectivity index (χ2n) is 4.99. The molecule has 0 aliphatic rings. The molecule has 1 aromatic heterocycles.